The average Bonchev–Trinajstić information content (AvgIpc) is 3.12. The van der Waals surface area contributed by atoms with Crippen LogP contribution in [0.2, 0.25) is 0 Å². The fourth-order valence-electron chi connectivity index (χ4n) is 4.13. The molecule has 1 saturated heterocycles. The lowest BCUT2D eigenvalue weighted by Crippen LogP contribution is -2.48. The zero-order chi connectivity index (χ0) is 21.5. The monoisotopic (exact) mass is 420 g/mol. The van der Waals surface area contributed by atoms with E-state index in [2.05, 4.69) is 34.0 Å². The molecule has 2 unspecified atom stereocenters. The number of rotatable bonds is 4. The van der Waals surface area contributed by atoms with Gasteiger partial charge in [-0.25, -0.2) is 9.97 Å². The number of pyridine rings is 2. The van der Waals surface area contributed by atoms with Crippen LogP contribution < -0.4 is 10.6 Å². The van der Waals surface area contributed by atoms with Crippen molar-refractivity contribution >= 4 is 16.9 Å². The van der Waals surface area contributed by atoms with Gasteiger partial charge in [0.1, 0.15) is 5.82 Å². The maximum Gasteiger partial charge on any atom is 0.416 e. The van der Waals surface area contributed by atoms with Gasteiger partial charge in [-0.15, -0.1) is 0 Å². The van der Waals surface area contributed by atoms with Gasteiger partial charge in [0.15, 0.2) is 5.65 Å². The van der Waals surface area contributed by atoms with Gasteiger partial charge < -0.3 is 10.6 Å². The summed E-state index contributed by atoms with van der Waals surface area (Å²) in [4.78, 5) is 10.7. The van der Waals surface area contributed by atoms with E-state index in [0.29, 0.717) is 41.6 Å². The zero-order valence-electron chi connectivity index (χ0n) is 16.9. The molecule has 0 aromatic carbocycles. The number of fused-ring (bicyclic) bond motifs is 1. The molecule has 0 radical (unpaired) electrons. The highest BCUT2D eigenvalue weighted by Gasteiger charge is 2.34. The van der Waals surface area contributed by atoms with Crippen LogP contribution in [0.5, 0.6) is 0 Å². The largest absolute Gasteiger partial charge is 0.416 e. The van der Waals surface area contributed by atoms with Gasteiger partial charge in [0, 0.05) is 32.1 Å². The van der Waals surface area contributed by atoms with Crippen LogP contribution in [0.25, 0.3) is 22.4 Å². The number of hydrogen-bond acceptors (Lipinski definition) is 5. The van der Waals surface area contributed by atoms with E-state index in [9.17, 15) is 13.2 Å². The molecule has 0 saturated carbocycles. The summed E-state index contributed by atoms with van der Waals surface area (Å²) in [6.07, 6.45) is -1.24. The predicted octanol–water partition coefficient (Wildman–Crippen LogP) is 4.48. The van der Waals surface area contributed by atoms with Crippen LogP contribution in [-0.4, -0.2) is 39.3 Å². The Labute approximate surface area is 174 Å². The molecule has 3 aromatic rings. The van der Waals surface area contributed by atoms with Crippen LogP contribution in [0.1, 0.15) is 33.7 Å². The molecule has 0 bridgehead atoms. The van der Waals surface area contributed by atoms with Crippen LogP contribution in [-0.2, 0) is 6.18 Å². The van der Waals surface area contributed by atoms with E-state index in [4.69, 9.17) is 5.73 Å². The van der Waals surface area contributed by atoms with Crippen molar-refractivity contribution in [3.05, 3.63) is 36.0 Å². The molecule has 0 spiro atoms. The number of halogens is 3. The minimum absolute atomic E-state index is 0. The van der Waals surface area contributed by atoms with Gasteiger partial charge in [-0.05, 0) is 48.9 Å². The van der Waals surface area contributed by atoms with Crippen molar-refractivity contribution in [2.45, 2.75) is 38.9 Å². The van der Waals surface area contributed by atoms with Gasteiger partial charge in [-0.1, -0.05) is 13.8 Å². The minimum atomic E-state index is -4.48. The second-order valence-corrected chi connectivity index (χ2v) is 8.36. The first kappa shape index (κ1) is 20.6. The van der Waals surface area contributed by atoms with E-state index in [-0.39, 0.29) is 19.1 Å². The SMILES string of the molecule is CC(C)CC1CN(c2cc(C(F)(F)F)cc(-c3[nH]nc4ncccc34)n2)CCC1N.[HH]. The Hall–Kier alpha value is -2.68. The van der Waals surface area contributed by atoms with Crippen LogP contribution in [0, 0.1) is 11.8 Å². The van der Waals surface area contributed by atoms with Gasteiger partial charge in [0.05, 0.1) is 17.0 Å². The van der Waals surface area contributed by atoms with E-state index in [0.717, 1.165) is 25.0 Å². The number of nitrogens with two attached hydrogens (primary N) is 1. The number of alkyl halides is 3. The van der Waals surface area contributed by atoms with Crippen LogP contribution in [0.3, 0.4) is 0 Å². The highest BCUT2D eigenvalue weighted by Crippen LogP contribution is 2.36. The Bertz CT molecular complexity index is 1040. The van der Waals surface area contributed by atoms with Crippen molar-refractivity contribution in [1.82, 2.24) is 20.2 Å². The first-order valence-corrected chi connectivity index (χ1v) is 10.1. The third-order valence-corrected chi connectivity index (χ3v) is 5.62. The summed E-state index contributed by atoms with van der Waals surface area (Å²) in [6, 6.07) is 5.73. The molecule has 0 aliphatic carbocycles. The van der Waals surface area contributed by atoms with Gasteiger partial charge in [-0.3, -0.25) is 5.10 Å². The van der Waals surface area contributed by atoms with Gasteiger partial charge >= 0.3 is 6.18 Å². The third kappa shape index (κ3) is 4.12. The molecule has 9 heteroatoms. The summed E-state index contributed by atoms with van der Waals surface area (Å²) in [5.74, 6) is 0.998. The van der Waals surface area contributed by atoms with Crippen molar-refractivity contribution in [2.75, 3.05) is 18.0 Å². The first-order chi connectivity index (χ1) is 14.2. The Morgan fingerprint density at radius 3 is 2.87 bits per heavy atom. The fourth-order valence-corrected chi connectivity index (χ4v) is 4.13. The smallest absolute Gasteiger partial charge is 0.356 e. The molecule has 4 heterocycles. The molecule has 1 aliphatic heterocycles. The number of H-pyrrole nitrogens is 1. The summed E-state index contributed by atoms with van der Waals surface area (Å²) < 4.78 is 41.0. The number of anilines is 1. The maximum absolute atomic E-state index is 13.7. The molecule has 3 aromatic heterocycles. The topological polar surface area (TPSA) is 83.7 Å². The summed E-state index contributed by atoms with van der Waals surface area (Å²) >= 11 is 0. The van der Waals surface area contributed by atoms with Crippen molar-refractivity contribution in [3.63, 3.8) is 0 Å². The molecule has 162 valence electrons. The summed E-state index contributed by atoms with van der Waals surface area (Å²) in [6.45, 7) is 5.43. The van der Waals surface area contributed by atoms with E-state index in [1.165, 1.54) is 0 Å². The molecular weight excluding hydrogens is 393 g/mol. The number of hydrogen-bond donors (Lipinski definition) is 2. The molecule has 2 atom stereocenters. The second kappa shape index (κ2) is 7.86. The van der Waals surface area contributed by atoms with Crippen molar-refractivity contribution in [3.8, 4) is 11.4 Å². The summed E-state index contributed by atoms with van der Waals surface area (Å²) in [5.41, 5.74) is 6.62. The standard InChI is InChI=1S/C21H25F3N6.H2/c1-12(2)8-13-11-30(7-5-16(13)25)18-10-14(21(22,23)24)9-17(27-18)19-15-4-3-6-26-20(15)29-28-19;/h3-4,6,9-10,12-13,16H,5,7-8,11,25H2,1-2H3,(H,26,28,29);1H. The second-order valence-electron chi connectivity index (χ2n) is 8.36. The van der Waals surface area contributed by atoms with E-state index in [1.54, 1.807) is 18.3 Å². The summed E-state index contributed by atoms with van der Waals surface area (Å²) in [5, 5.41) is 7.53. The number of aromatic amines is 1. The molecule has 30 heavy (non-hydrogen) atoms. The highest BCUT2D eigenvalue weighted by atomic mass is 19.4. The average molecular weight is 420 g/mol. The van der Waals surface area contributed by atoms with Crippen LogP contribution in [0.15, 0.2) is 30.5 Å². The number of nitrogens with zero attached hydrogens (tertiary/aromatic N) is 4. The van der Waals surface area contributed by atoms with Gasteiger partial charge in [0.25, 0.3) is 0 Å². The minimum Gasteiger partial charge on any atom is -0.356 e. The van der Waals surface area contributed by atoms with Crippen molar-refractivity contribution in [2.24, 2.45) is 17.6 Å². The quantitative estimate of drug-likeness (QED) is 0.650. The Kier molecular flexibility index (Phi) is 5.40. The van der Waals surface area contributed by atoms with E-state index in [1.807, 2.05) is 4.90 Å². The third-order valence-electron chi connectivity index (χ3n) is 5.62. The first-order valence-electron chi connectivity index (χ1n) is 10.1. The highest BCUT2D eigenvalue weighted by molar-refractivity contribution is 5.89. The van der Waals surface area contributed by atoms with Gasteiger partial charge in [0.2, 0.25) is 0 Å². The molecular formula is C21H27F3N6. The Morgan fingerprint density at radius 2 is 2.13 bits per heavy atom. The fraction of sp³-hybridized carbons (Fsp3) is 0.476. The molecule has 3 N–H and O–H groups in total. The lowest BCUT2D eigenvalue weighted by molar-refractivity contribution is -0.137. The summed E-state index contributed by atoms with van der Waals surface area (Å²) in [7, 11) is 0. The normalized spacial score (nSPS) is 20.3. The van der Waals surface area contributed by atoms with Crippen molar-refractivity contribution in [1.29, 1.82) is 0 Å². The van der Waals surface area contributed by atoms with E-state index >= 15 is 0 Å². The molecule has 1 fully saturated rings. The maximum atomic E-state index is 13.7. The van der Waals surface area contributed by atoms with Crippen molar-refractivity contribution < 1.29 is 14.6 Å². The Balaban J connectivity index is 0.00000272. The number of nitrogens with one attached hydrogen (secondary N) is 1. The molecule has 4 rings (SSSR count). The van der Waals surface area contributed by atoms with E-state index < -0.39 is 11.7 Å². The zero-order valence-corrected chi connectivity index (χ0v) is 16.9. The Morgan fingerprint density at radius 1 is 1.33 bits per heavy atom. The van der Waals surface area contributed by atoms with Gasteiger partial charge in [-0.2, -0.15) is 18.3 Å². The lowest BCUT2D eigenvalue weighted by Gasteiger charge is -2.38. The van der Waals surface area contributed by atoms with Crippen LogP contribution in [0.4, 0.5) is 19.0 Å². The molecule has 1 aliphatic rings. The lowest BCUT2D eigenvalue weighted by atomic mass is 9.86. The predicted molar refractivity (Wildman–Crippen MR) is 112 cm³/mol. The van der Waals surface area contributed by atoms with Crippen LogP contribution >= 0.6 is 0 Å². The number of piperidine rings is 1. The molecule has 0 amide bonds. The number of aromatic nitrogens is 4. The molecule has 6 nitrogen and oxygen atoms in total.